The van der Waals surface area contributed by atoms with Crippen LogP contribution in [0.3, 0.4) is 0 Å². The molecule has 0 aromatic heterocycles. The molecule has 3 N–H and O–H groups in total. The minimum Gasteiger partial charge on any atom is -0.394 e. The summed E-state index contributed by atoms with van der Waals surface area (Å²) in [6.07, 6.45) is 22.5. The molecule has 0 spiro atoms. The average molecular weight is 414 g/mol. The lowest BCUT2D eigenvalue weighted by molar-refractivity contribution is -0.119. The first-order chi connectivity index (χ1) is 14.2. The molecule has 4 nitrogen and oxygen atoms in total. The van der Waals surface area contributed by atoms with Crippen molar-refractivity contribution in [1.82, 2.24) is 5.32 Å². The summed E-state index contributed by atoms with van der Waals surface area (Å²) in [4.78, 5) is 11.9. The number of hydrogen-bond donors (Lipinski definition) is 3. The van der Waals surface area contributed by atoms with Crippen molar-refractivity contribution >= 4 is 5.78 Å². The van der Waals surface area contributed by atoms with Crippen LogP contribution in [0.5, 0.6) is 0 Å². The molecule has 0 amide bonds. The summed E-state index contributed by atoms with van der Waals surface area (Å²) < 4.78 is 0. The topological polar surface area (TPSA) is 69.6 Å². The zero-order chi connectivity index (χ0) is 21.4. The van der Waals surface area contributed by atoms with Crippen LogP contribution in [0.4, 0.5) is 0 Å². The highest BCUT2D eigenvalue weighted by molar-refractivity contribution is 5.78. The van der Waals surface area contributed by atoms with Crippen LogP contribution >= 0.6 is 0 Å². The Morgan fingerprint density at radius 3 is 1.55 bits per heavy atom. The van der Waals surface area contributed by atoms with E-state index in [2.05, 4.69) is 12.2 Å². The second kappa shape index (κ2) is 23.8. The first kappa shape index (κ1) is 28.5. The molecule has 0 aliphatic rings. The molecule has 0 heterocycles. The van der Waals surface area contributed by atoms with Crippen molar-refractivity contribution in [3.8, 4) is 0 Å². The molecule has 0 radical (unpaired) electrons. The normalized spacial score (nSPS) is 12.4. The molecule has 0 aromatic rings. The van der Waals surface area contributed by atoms with Crippen LogP contribution in [0.15, 0.2) is 0 Å². The average Bonchev–Trinajstić information content (AvgIpc) is 2.73. The monoisotopic (exact) mass is 413 g/mol. The Balaban J connectivity index is 3.16. The Morgan fingerprint density at radius 2 is 1.10 bits per heavy atom. The fourth-order valence-corrected chi connectivity index (χ4v) is 3.72. The third kappa shape index (κ3) is 23.7. The van der Waals surface area contributed by atoms with Crippen LogP contribution in [-0.2, 0) is 4.79 Å². The van der Waals surface area contributed by atoms with Crippen LogP contribution in [-0.4, -0.2) is 41.8 Å². The maximum atomic E-state index is 11.9. The standard InChI is InChI=1S/C25H51NO3/c1-2-3-4-5-6-7-10-13-16-19-24(28)20-17-14-11-8-9-12-15-18-21-26-22-25(29)23-27/h25-27,29H,2-23H2,1H3. The van der Waals surface area contributed by atoms with Crippen LogP contribution in [0.2, 0.25) is 0 Å². The van der Waals surface area contributed by atoms with Crippen molar-refractivity contribution in [1.29, 1.82) is 0 Å². The number of carbonyl (C=O) groups excluding carboxylic acids is 1. The van der Waals surface area contributed by atoms with E-state index in [1.54, 1.807) is 0 Å². The highest BCUT2D eigenvalue weighted by Gasteiger charge is 2.02. The first-order valence-electron chi connectivity index (χ1n) is 12.7. The molecule has 0 aliphatic carbocycles. The van der Waals surface area contributed by atoms with E-state index < -0.39 is 6.10 Å². The molecule has 0 saturated carbocycles. The molecule has 0 aromatic carbocycles. The molecule has 1 atom stereocenters. The molecule has 0 aliphatic heterocycles. The smallest absolute Gasteiger partial charge is 0.132 e. The number of nitrogens with one attached hydrogen (secondary N) is 1. The van der Waals surface area contributed by atoms with Crippen molar-refractivity contribution in [2.75, 3.05) is 19.7 Å². The maximum Gasteiger partial charge on any atom is 0.132 e. The molecular formula is C25H51NO3. The van der Waals surface area contributed by atoms with Crippen LogP contribution in [0, 0.1) is 0 Å². The molecule has 1 unspecified atom stereocenters. The number of Topliss-reactive ketones (excluding diaryl/α,β-unsaturated/α-hetero) is 1. The Kier molecular flexibility index (Phi) is 23.5. The fraction of sp³-hybridized carbons (Fsp3) is 0.960. The molecule has 0 fully saturated rings. The lowest BCUT2D eigenvalue weighted by Gasteiger charge is -2.08. The van der Waals surface area contributed by atoms with Crippen LogP contribution in [0.1, 0.15) is 129 Å². The lowest BCUT2D eigenvalue weighted by Crippen LogP contribution is -2.29. The zero-order valence-corrected chi connectivity index (χ0v) is 19.4. The SMILES string of the molecule is CCCCCCCCCCCC(=O)CCCCCCCCCCNCC(O)CO. The van der Waals surface area contributed by atoms with Gasteiger partial charge in [0.15, 0.2) is 0 Å². The predicted molar refractivity (Wildman–Crippen MR) is 124 cm³/mol. The van der Waals surface area contributed by atoms with E-state index in [-0.39, 0.29) is 6.61 Å². The van der Waals surface area contributed by atoms with E-state index in [1.165, 1.54) is 89.9 Å². The van der Waals surface area contributed by atoms with E-state index >= 15 is 0 Å². The van der Waals surface area contributed by atoms with Gasteiger partial charge in [0.25, 0.3) is 0 Å². The van der Waals surface area contributed by atoms with Gasteiger partial charge < -0.3 is 15.5 Å². The third-order valence-corrected chi connectivity index (χ3v) is 5.71. The molecular weight excluding hydrogens is 362 g/mol. The highest BCUT2D eigenvalue weighted by Crippen LogP contribution is 2.13. The second-order valence-corrected chi connectivity index (χ2v) is 8.74. The third-order valence-electron chi connectivity index (χ3n) is 5.71. The number of hydrogen-bond acceptors (Lipinski definition) is 4. The van der Waals surface area contributed by atoms with Gasteiger partial charge in [0.05, 0.1) is 12.7 Å². The lowest BCUT2D eigenvalue weighted by atomic mass is 10.0. The van der Waals surface area contributed by atoms with Gasteiger partial charge in [-0.05, 0) is 25.8 Å². The van der Waals surface area contributed by atoms with E-state index in [0.29, 0.717) is 12.3 Å². The van der Waals surface area contributed by atoms with E-state index in [1.807, 2.05) is 0 Å². The number of aliphatic hydroxyl groups excluding tert-OH is 2. The Morgan fingerprint density at radius 1 is 0.690 bits per heavy atom. The van der Waals surface area contributed by atoms with Crippen LogP contribution < -0.4 is 5.32 Å². The van der Waals surface area contributed by atoms with Gasteiger partial charge in [0.1, 0.15) is 5.78 Å². The quantitative estimate of drug-likeness (QED) is 0.172. The largest absolute Gasteiger partial charge is 0.394 e. The summed E-state index contributed by atoms with van der Waals surface area (Å²) >= 11 is 0. The van der Waals surface area contributed by atoms with Gasteiger partial charge in [-0.15, -0.1) is 0 Å². The maximum absolute atomic E-state index is 11.9. The number of aliphatic hydroxyl groups is 2. The van der Waals surface area contributed by atoms with Gasteiger partial charge in [-0.2, -0.15) is 0 Å². The van der Waals surface area contributed by atoms with Crippen LogP contribution in [0.25, 0.3) is 0 Å². The summed E-state index contributed by atoms with van der Waals surface area (Å²) in [6.45, 7) is 3.49. The zero-order valence-electron chi connectivity index (χ0n) is 19.4. The summed E-state index contributed by atoms with van der Waals surface area (Å²) in [5.74, 6) is 0.478. The van der Waals surface area contributed by atoms with Crippen molar-refractivity contribution < 1.29 is 15.0 Å². The Bertz CT molecular complexity index is 336. The summed E-state index contributed by atoms with van der Waals surface area (Å²) in [5.41, 5.74) is 0. The van der Waals surface area contributed by atoms with E-state index in [0.717, 1.165) is 38.6 Å². The summed E-state index contributed by atoms with van der Waals surface area (Å²) in [5, 5.41) is 21.1. The molecule has 4 heteroatoms. The fourth-order valence-electron chi connectivity index (χ4n) is 3.72. The second-order valence-electron chi connectivity index (χ2n) is 8.74. The number of carbonyl (C=O) groups is 1. The molecule has 0 rings (SSSR count). The number of rotatable bonds is 24. The predicted octanol–water partition coefficient (Wildman–Crippen LogP) is 5.93. The first-order valence-corrected chi connectivity index (χ1v) is 12.7. The van der Waals surface area contributed by atoms with E-state index in [4.69, 9.17) is 5.11 Å². The Labute approximate surface area is 181 Å². The Hall–Kier alpha value is -0.450. The van der Waals surface area contributed by atoms with E-state index in [9.17, 15) is 9.90 Å². The summed E-state index contributed by atoms with van der Waals surface area (Å²) in [7, 11) is 0. The van der Waals surface area contributed by atoms with Crippen molar-refractivity contribution in [2.45, 2.75) is 135 Å². The van der Waals surface area contributed by atoms with Gasteiger partial charge in [-0.3, -0.25) is 4.79 Å². The molecule has 29 heavy (non-hydrogen) atoms. The van der Waals surface area contributed by atoms with Gasteiger partial charge in [0.2, 0.25) is 0 Å². The minimum absolute atomic E-state index is 0.169. The van der Waals surface area contributed by atoms with Crippen molar-refractivity contribution in [3.63, 3.8) is 0 Å². The molecule has 0 bridgehead atoms. The van der Waals surface area contributed by atoms with Gasteiger partial charge >= 0.3 is 0 Å². The van der Waals surface area contributed by atoms with Crippen molar-refractivity contribution in [2.24, 2.45) is 0 Å². The molecule has 174 valence electrons. The van der Waals surface area contributed by atoms with Gasteiger partial charge in [-0.1, -0.05) is 96.8 Å². The molecule has 0 saturated heterocycles. The van der Waals surface area contributed by atoms with Gasteiger partial charge in [0, 0.05) is 19.4 Å². The summed E-state index contributed by atoms with van der Waals surface area (Å²) in [6, 6.07) is 0. The number of unbranched alkanes of at least 4 members (excludes halogenated alkanes) is 15. The highest BCUT2D eigenvalue weighted by atomic mass is 16.3. The number of ketones is 1. The van der Waals surface area contributed by atoms with Gasteiger partial charge in [-0.25, -0.2) is 0 Å². The minimum atomic E-state index is -0.632. The van der Waals surface area contributed by atoms with Crippen molar-refractivity contribution in [3.05, 3.63) is 0 Å².